The fourth-order valence-corrected chi connectivity index (χ4v) is 6.81. The van der Waals surface area contributed by atoms with Crippen molar-refractivity contribution in [2.45, 2.75) is 250 Å². The van der Waals surface area contributed by atoms with E-state index in [9.17, 15) is 20.1 Å². The average molecular weight is 706 g/mol. The van der Waals surface area contributed by atoms with Crippen molar-refractivity contribution in [3.05, 3.63) is 24.3 Å². The molecule has 0 aliphatic heterocycles. The highest BCUT2D eigenvalue weighted by Crippen LogP contribution is 2.15. The van der Waals surface area contributed by atoms with Crippen molar-refractivity contribution in [1.82, 2.24) is 5.32 Å². The maximum Gasteiger partial charge on any atom is 0.222 e. The first-order chi connectivity index (χ1) is 24.5. The molecule has 0 aromatic rings. The summed E-state index contributed by atoms with van der Waals surface area (Å²) in [5, 5.41) is 33.2. The molecule has 0 aromatic carbocycles. The Morgan fingerprint density at radius 3 is 1.22 bits per heavy atom. The molecule has 4 N–H and O–H groups in total. The molecule has 1 amide bonds. The molecule has 0 saturated heterocycles. The molecule has 0 aliphatic rings. The van der Waals surface area contributed by atoms with Gasteiger partial charge in [0.25, 0.3) is 0 Å². The van der Waals surface area contributed by atoms with Crippen LogP contribution < -0.4 is 5.32 Å². The molecule has 0 radical (unpaired) electrons. The van der Waals surface area contributed by atoms with E-state index in [0.717, 1.165) is 38.5 Å². The summed E-state index contributed by atoms with van der Waals surface area (Å²) in [6.07, 6.45) is 48.9. The van der Waals surface area contributed by atoms with Gasteiger partial charge in [-0.3, -0.25) is 4.79 Å². The van der Waals surface area contributed by atoms with Crippen molar-refractivity contribution in [2.75, 3.05) is 6.61 Å². The molecule has 0 fully saturated rings. The smallest absolute Gasteiger partial charge is 0.222 e. The predicted molar refractivity (Wildman–Crippen MR) is 218 cm³/mol. The lowest BCUT2D eigenvalue weighted by atomic mass is 10.0. The van der Waals surface area contributed by atoms with E-state index < -0.39 is 18.2 Å². The third kappa shape index (κ3) is 36.6. The fraction of sp³-hybridized carbons (Fsp3) is 0.889. The van der Waals surface area contributed by atoms with Crippen LogP contribution in [0.3, 0.4) is 0 Å². The minimum atomic E-state index is -0.929. The van der Waals surface area contributed by atoms with Crippen LogP contribution in [0.5, 0.6) is 0 Å². The van der Waals surface area contributed by atoms with Gasteiger partial charge in [-0.2, -0.15) is 0 Å². The first-order valence-electron chi connectivity index (χ1n) is 22.1. The summed E-state index contributed by atoms with van der Waals surface area (Å²) in [6.45, 7) is 4.22. The number of allylic oxidation sites excluding steroid dienone is 3. The van der Waals surface area contributed by atoms with Crippen LogP contribution in [0.25, 0.3) is 0 Å². The lowest BCUT2D eigenvalue weighted by Gasteiger charge is -2.21. The van der Waals surface area contributed by atoms with E-state index in [1.807, 2.05) is 6.08 Å². The molecule has 3 atom stereocenters. The van der Waals surface area contributed by atoms with Crippen molar-refractivity contribution in [1.29, 1.82) is 0 Å². The Labute approximate surface area is 312 Å². The van der Waals surface area contributed by atoms with E-state index in [4.69, 9.17) is 0 Å². The SMILES string of the molecule is CCCCCCCCCCC/C=C\CCCCCCCC(O)CC(=O)NC(CO)C(O)/C=C/CCCCCCCCCCCCCCCCC. The predicted octanol–water partition coefficient (Wildman–Crippen LogP) is 12.6. The van der Waals surface area contributed by atoms with Crippen LogP contribution in [0.2, 0.25) is 0 Å². The fourth-order valence-electron chi connectivity index (χ4n) is 6.81. The van der Waals surface area contributed by atoms with E-state index in [0.29, 0.717) is 6.42 Å². The van der Waals surface area contributed by atoms with Gasteiger partial charge in [0.1, 0.15) is 0 Å². The van der Waals surface area contributed by atoms with Crippen molar-refractivity contribution in [2.24, 2.45) is 0 Å². The zero-order valence-corrected chi connectivity index (χ0v) is 33.5. The second-order valence-corrected chi connectivity index (χ2v) is 15.3. The zero-order valence-electron chi connectivity index (χ0n) is 33.5. The van der Waals surface area contributed by atoms with E-state index in [1.54, 1.807) is 6.08 Å². The van der Waals surface area contributed by atoms with Gasteiger partial charge in [-0.15, -0.1) is 0 Å². The first kappa shape index (κ1) is 48.8. The highest BCUT2D eigenvalue weighted by atomic mass is 16.3. The number of carbonyl (C=O) groups excluding carboxylic acids is 1. The number of unbranched alkanes of at least 4 members (excludes halogenated alkanes) is 29. The molecule has 0 saturated carbocycles. The lowest BCUT2D eigenvalue weighted by Crippen LogP contribution is -2.45. The van der Waals surface area contributed by atoms with Gasteiger partial charge in [-0.1, -0.05) is 205 Å². The molecule has 0 aliphatic carbocycles. The Morgan fingerprint density at radius 2 is 0.840 bits per heavy atom. The standard InChI is InChI=1S/C45H87NO4/c1-3-5-7-9-11-13-15-17-19-21-23-24-26-28-30-32-34-36-38-42(48)40-45(50)46-43(41-47)44(49)39-37-35-33-31-29-27-25-22-20-18-16-14-12-10-8-6-4-2/h23-24,37,39,42-44,47-49H,3-22,25-36,38,40-41H2,1-2H3,(H,46,50)/b24-23-,39-37+. The molecule has 0 heterocycles. The highest BCUT2D eigenvalue weighted by molar-refractivity contribution is 5.76. The van der Waals surface area contributed by atoms with E-state index >= 15 is 0 Å². The topological polar surface area (TPSA) is 89.8 Å². The summed E-state index contributed by atoms with van der Waals surface area (Å²) >= 11 is 0. The molecular weight excluding hydrogens is 618 g/mol. The molecule has 0 rings (SSSR count). The van der Waals surface area contributed by atoms with Crippen LogP contribution in [0.1, 0.15) is 232 Å². The third-order valence-corrected chi connectivity index (χ3v) is 10.2. The number of amides is 1. The van der Waals surface area contributed by atoms with Crippen LogP contribution in [0.4, 0.5) is 0 Å². The van der Waals surface area contributed by atoms with Gasteiger partial charge in [-0.05, 0) is 44.9 Å². The number of hydrogen-bond acceptors (Lipinski definition) is 4. The number of hydrogen-bond donors (Lipinski definition) is 4. The minimum absolute atomic E-state index is 0.00973. The van der Waals surface area contributed by atoms with Crippen LogP contribution in [0.15, 0.2) is 24.3 Å². The van der Waals surface area contributed by atoms with Crippen molar-refractivity contribution >= 4 is 5.91 Å². The number of aliphatic hydroxyl groups is 3. The number of aliphatic hydroxyl groups excluding tert-OH is 3. The number of nitrogens with one attached hydrogen (secondary N) is 1. The Hall–Kier alpha value is -1.17. The molecule has 5 nitrogen and oxygen atoms in total. The van der Waals surface area contributed by atoms with Crippen molar-refractivity contribution in [3.8, 4) is 0 Å². The average Bonchev–Trinajstić information content (AvgIpc) is 3.11. The highest BCUT2D eigenvalue weighted by Gasteiger charge is 2.20. The van der Waals surface area contributed by atoms with Gasteiger partial charge in [0.05, 0.1) is 31.3 Å². The third-order valence-electron chi connectivity index (χ3n) is 10.2. The summed E-state index contributed by atoms with van der Waals surface area (Å²) in [6, 6.07) is -0.744. The summed E-state index contributed by atoms with van der Waals surface area (Å²) < 4.78 is 0. The van der Waals surface area contributed by atoms with Crippen LogP contribution in [-0.2, 0) is 4.79 Å². The maximum atomic E-state index is 12.4. The van der Waals surface area contributed by atoms with Gasteiger partial charge < -0.3 is 20.6 Å². The normalized spacial score (nSPS) is 13.8. The van der Waals surface area contributed by atoms with Crippen molar-refractivity contribution in [3.63, 3.8) is 0 Å². The zero-order chi connectivity index (χ0) is 36.6. The molecule has 296 valence electrons. The van der Waals surface area contributed by atoms with E-state index in [2.05, 4.69) is 31.3 Å². The van der Waals surface area contributed by atoms with Gasteiger partial charge in [-0.25, -0.2) is 0 Å². The Morgan fingerprint density at radius 1 is 0.500 bits per heavy atom. The number of carbonyl (C=O) groups is 1. The van der Waals surface area contributed by atoms with E-state index in [1.165, 1.54) is 167 Å². The molecular formula is C45H87NO4. The molecule has 0 spiro atoms. The minimum Gasteiger partial charge on any atom is -0.394 e. The van der Waals surface area contributed by atoms with Gasteiger partial charge >= 0.3 is 0 Å². The van der Waals surface area contributed by atoms with Gasteiger partial charge in [0.15, 0.2) is 0 Å². The van der Waals surface area contributed by atoms with Crippen molar-refractivity contribution < 1.29 is 20.1 Å². The second-order valence-electron chi connectivity index (χ2n) is 15.3. The Kier molecular flexibility index (Phi) is 39.6. The molecule has 0 aromatic heterocycles. The largest absolute Gasteiger partial charge is 0.394 e. The van der Waals surface area contributed by atoms with Crippen LogP contribution in [-0.4, -0.2) is 46.1 Å². The molecule has 5 heteroatoms. The van der Waals surface area contributed by atoms with Crippen LogP contribution >= 0.6 is 0 Å². The monoisotopic (exact) mass is 706 g/mol. The van der Waals surface area contributed by atoms with Crippen LogP contribution in [0, 0.1) is 0 Å². The summed E-state index contributed by atoms with van der Waals surface area (Å²) in [7, 11) is 0. The Balaban J connectivity index is 3.67. The molecule has 3 unspecified atom stereocenters. The second kappa shape index (κ2) is 40.6. The lowest BCUT2D eigenvalue weighted by molar-refractivity contribution is -0.124. The van der Waals surface area contributed by atoms with Gasteiger partial charge in [0, 0.05) is 0 Å². The number of rotatable bonds is 40. The summed E-state index contributed by atoms with van der Waals surface area (Å²) in [5.74, 6) is -0.319. The van der Waals surface area contributed by atoms with E-state index in [-0.39, 0.29) is 18.9 Å². The Bertz CT molecular complexity index is 739. The molecule has 0 bridgehead atoms. The summed E-state index contributed by atoms with van der Waals surface area (Å²) in [4.78, 5) is 12.4. The first-order valence-corrected chi connectivity index (χ1v) is 22.1. The maximum absolute atomic E-state index is 12.4. The summed E-state index contributed by atoms with van der Waals surface area (Å²) in [5.41, 5.74) is 0. The van der Waals surface area contributed by atoms with Gasteiger partial charge in [0.2, 0.25) is 5.91 Å². The molecule has 50 heavy (non-hydrogen) atoms. The quantitative estimate of drug-likeness (QED) is 0.0377.